The van der Waals surface area contributed by atoms with Gasteiger partial charge in [-0.15, -0.1) is 0 Å². The van der Waals surface area contributed by atoms with Crippen LogP contribution < -0.4 is 10.6 Å². The Morgan fingerprint density at radius 3 is 2.76 bits per heavy atom. The van der Waals surface area contributed by atoms with Gasteiger partial charge >= 0.3 is 6.18 Å². The fourth-order valence-electron chi connectivity index (χ4n) is 5.89. The van der Waals surface area contributed by atoms with Crippen LogP contribution in [0.5, 0.6) is 0 Å². The molecule has 1 aliphatic heterocycles. The molecule has 15 heteroatoms. The number of amides is 2. The molecule has 2 saturated carbocycles. The smallest absolute Gasteiger partial charge is 0.355 e. The zero-order valence-electron chi connectivity index (χ0n) is 21.8. The maximum absolute atomic E-state index is 14.4. The summed E-state index contributed by atoms with van der Waals surface area (Å²) < 4.78 is 74.8. The third-order valence-electron chi connectivity index (χ3n) is 8.22. The molecular weight excluding hydrogens is 553 g/mol. The molecule has 0 spiro atoms. The molecule has 1 saturated heterocycles. The van der Waals surface area contributed by atoms with Crippen molar-refractivity contribution in [2.24, 2.45) is 17.8 Å². The van der Waals surface area contributed by atoms with Crippen molar-refractivity contribution in [1.29, 1.82) is 0 Å². The number of carbonyl (C=O) groups excluding carboxylic acids is 2. The number of nitrogens with zero attached hydrogens (tertiary/aromatic N) is 5. The summed E-state index contributed by atoms with van der Waals surface area (Å²) in [5.74, 6) is -7.03. The average molecular weight is 582 g/mol. The van der Waals surface area contributed by atoms with Crippen molar-refractivity contribution in [3.05, 3.63) is 41.1 Å². The molecule has 1 unspecified atom stereocenters. The van der Waals surface area contributed by atoms with Crippen LogP contribution in [0.4, 0.5) is 22.0 Å². The van der Waals surface area contributed by atoms with Crippen LogP contribution >= 0.6 is 0 Å². The minimum absolute atomic E-state index is 0.0139. The van der Waals surface area contributed by atoms with E-state index in [2.05, 4.69) is 31.0 Å². The molecular formula is C26H28F5N7O3. The summed E-state index contributed by atoms with van der Waals surface area (Å²) in [5, 5.41) is 17.2. The molecule has 2 N–H and O–H groups in total. The Hall–Kier alpha value is -3.65. The maximum Gasteiger partial charge on any atom is 0.393 e. The van der Waals surface area contributed by atoms with E-state index in [9.17, 15) is 31.5 Å². The predicted octanol–water partition coefficient (Wildman–Crippen LogP) is 4.14. The highest BCUT2D eigenvalue weighted by Crippen LogP contribution is 2.43. The topological polar surface area (TPSA) is 127 Å². The number of alkyl halides is 5. The molecule has 0 radical (unpaired) electrons. The van der Waals surface area contributed by atoms with Crippen LogP contribution in [0.3, 0.4) is 0 Å². The van der Waals surface area contributed by atoms with E-state index in [1.54, 1.807) is 12.1 Å². The zero-order valence-corrected chi connectivity index (χ0v) is 21.8. The van der Waals surface area contributed by atoms with Gasteiger partial charge in [0.1, 0.15) is 5.69 Å². The summed E-state index contributed by atoms with van der Waals surface area (Å²) in [7, 11) is 0. The standard InChI is InChI=1S/C26H28F5N7O3/c27-25(28)7-1-2-14(10-25)20(34-24(40)22-21(13-3-4-13)36-41-37-22)18-12-38-19(33-18)6-5-17(35-38)9-15-8-16(26(29,30)31)11-32-23(15)39/h5-6,12-16,20H,1-4,7-11H2,(H,32,39)(H,34,40)/t14-,15?,16+,20-/m0/s1. The van der Waals surface area contributed by atoms with E-state index >= 15 is 0 Å². The van der Waals surface area contributed by atoms with E-state index in [4.69, 9.17) is 4.63 Å². The van der Waals surface area contributed by atoms with E-state index in [1.807, 2.05) is 0 Å². The molecule has 2 amide bonds. The number of aromatic nitrogens is 5. The highest BCUT2D eigenvalue weighted by atomic mass is 19.4. The monoisotopic (exact) mass is 581 g/mol. The van der Waals surface area contributed by atoms with Gasteiger partial charge in [0, 0.05) is 37.6 Å². The van der Waals surface area contributed by atoms with Crippen molar-refractivity contribution in [1.82, 2.24) is 35.5 Å². The highest BCUT2D eigenvalue weighted by molar-refractivity contribution is 5.93. The lowest BCUT2D eigenvalue weighted by Crippen LogP contribution is -2.47. The second-order valence-electron chi connectivity index (χ2n) is 11.3. The Bertz CT molecular complexity index is 1450. The molecule has 3 aromatic heterocycles. The van der Waals surface area contributed by atoms with Gasteiger partial charge in [-0.1, -0.05) is 5.16 Å². The highest BCUT2D eigenvalue weighted by Gasteiger charge is 2.45. The summed E-state index contributed by atoms with van der Waals surface area (Å²) in [6.07, 6.45) is -1.50. The molecule has 41 heavy (non-hydrogen) atoms. The number of nitrogens with one attached hydrogen (secondary N) is 2. The SMILES string of the molecule is O=C(N[C@H](c1cn2nc(CC3C[C@@H](C(F)(F)F)CNC3=O)ccc2n1)[C@H]1CCCC(F)(F)C1)c1nonc1C1CC1. The zero-order chi connectivity index (χ0) is 28.9. The number of carbonyl (C=O) groups is 2. The molecule has 3 aromatic rings. The minimum atomic E-state index is -4.42. The summed E-state index contributed by atoms with van der Waals surface area (Å²) in [6.45, 7) is -0.448. The van der Waals surface area contributed by atoms with Gasteiger partial charge in [0.05, 0.1) is 29.5 Å². The maximum atomic E-state index is 14.4. The number of fused-ring (bicyclic) bond motifs is 1. The Balaban J connectivity index is 1.26. The fraction of sp³-hybridized carbons (Fsp3) is 0.615. The van der Waals surface area contributed by atoms with Crippen LogP contribution in [0.2, 0.25) is 0 Å². The second-order valence-corrected chi connectivity index (χ2v) is 11.3. The van der Waals surface area contributed by atoms with Gasteiger partial charge in [-0.25, -0.2) is 22.9 Å². The van der Waals surface area contributed by atoms with Gasteiger partial charge in [0.25, 0.3) is 5.91 Å². The first kappa shape index (κ1) is 27.5. The van der Waals surface area contributed by atoms with Crippen LogP contribution in [0, 0.1) is 17.8 Å². The number of imidazole rings is 1. The molecule has 4 atom stereocenters. The van der Waals surface area contributed by atoms with Crippen molar-refractivity contribution in [3.63, 3.8) is 0 Å². The third-order valence-corrected chi connectivity index (χ3v) is 8.22. The van der Waals surface area contributed by atoms with Crippen LogP contribution in [0.15, 0.2) is 23.0 Å². The van der Waals surface area contributed by atoms with Crippen molar-refractivity contribution < 1.29 is 36.2 Å². The van der Waals surface area contributed by atoms with E-state index < -0.39 is 60.7 Å². The molecule has 4 heterocycles. The van der Waals surface area contributed by atoms with Crippen LogP contribution in [-0.2, 0) is 11.2 Å². The molecule has 10 nitrogen and oxygen atoms in total. The van der Waals surface area contributed by atoms with Gasteiger partial charge in [-0.2, -0.15) is 18.3 Å². The largest absolute Gasteiger partial charge is 0.393 e. The molecule has 0 aromatic carbocycles. The lowest BCUT2D eigenvalue weighted by Gasteiger charge is -2.34. The second kappa shape index (κ2) is 10.3. The Kier molecular flexibility index (Phi) is 6.92. The van der Waals surface area contributed by atoms with Crippen molar-refractivity contribution in [2.75, 3.05) is 6.54 Å². The number of halogens is 5. The summed E-state index contributed by atoms with van der Waals surface area (Å²) in [6, 6.07) is 2.27. The van der Waals surface area contributed by atoms with E-state index in [0.717, 1.165) is 12.8 Å². The van der Waals surface area contributed by atoms with Crippen LogP contribution in [0.25, 0.3) is 5.65 Å². The average Bonchev–Trinajstić information content (AvgIpc) is 3.47. The fourth-order valence-corrected chi connectivity index (χ4v) is 5.89. The summed E-state index contributed by atoms with van der Waals surface area (Å²) in [5.41, 5.74) is 1.50. The molecule has 0 bridgehead atoms. The normalized spacial score (nSPS) is 25.6. The predicted molar refractivity (Wildman–Crippen MR) is 131 cm³/mol. The Morgan fingerprint density at radius 2 is 2.02 bits per heavy atom. The number of hydrogen-bond acceptors (Lipinski definition) is 7. The van der Waals surface area contributed by atoms with Crippen molar-refractivity contribution >= 4 is 17.5 Å². The van der Waals surface area contributed by atoms with E-state index in [-0.39, 0.29) is 37.3 Å². The van der Waals surface area contributed by atoms with Gasteiger partial charge in [-0.3, -0.25) is 9.59 Å². The van der Waals surface area contributed by atoms with E-state index in [1.165, 1.54) is 10.7 Å². The summed E-state index contributed by atoms with van der Waals surface area (Å²) >= 11 is 0. The quantitative estimate of drug-likeness (QED) is 0.402. The van der Waals surface area contributed by atoms with Gasteiger partial charge < -0.3 is 10.6 Å². The number of rotatable bonds is 7. The molecule has 6 rings (SSSR count). The molecule has 2 aliphatic carbocycles. The van der Waals surface area contributed by atoms with Crippen molar-refractivity contribution in [3.8, 4) is 0 Å². The Morgan fingerprint density at radius 1 is 1.22 bits per heavy atom. The number of piperidine rings is 1. The van der Waals surface area contributed by atoms with Gasteiger partial charge in [0.15, 0.2) is 11.3 Å². The summed E-state index contributed by atoms with van der Waals surface area (Å²) in [4.78, 5) is 30.1. The molecule has 3 aliphatic rings. The first-order chi connectivity index (χ1) is 19.5. The lowest BCUT2D eigenvalue weighted by molar-refractivity contribution is -0.183. The van der Waals surface area contributed by atoms with Crippen molar-refractivity contribution in [2.45, 2.75) is 75.4 Å². The Labute approximate surface area is 230 Å². The lowest BCUT2D eigenvalue weighted by atomic mass is 9.80. The minimum Gasteiger partial charge on any atom is -0.355 e. The van der Waals surface area contributed by atoms with Gasteiger partial charge in [-0.05, 0) is 55.3 Å². The first-order valence-corrected chi connectivity index (χ1v) is 13.7. The van der Waals surface area contributed by atoms with E-state index in [0.29, 0.717) is 29.1 Å². The van der Waals surface area contributed by atoms with Crippen LogP contribution in [0.1, 0.15) is 84.5 Å². The molecule has 3 fully saturated rings. The first-order valence-electron chi connectivity index (χ1n) is 13.7. The van der Waals surface area contributed by atoms with Crippen LogP contribution in [-0.4, -0.2) is 55.4 Å². The molecule has 220 valence electrons. The number of hydrogen-bond donors (Lipinski definition) is 2. The third kappa shape index (κ3) is 5.89. The van der Waals surface area contributed by atoms with Gasteiger partial charge in [0.2, 0.25) is 11.8 Å².